The van der Waals surface area contributed by atoms with E-state index in [1.807, 2.05) is 0 Å². The molecule has 0 aromatic heterocycles. The fourth-order valence-electron chi connectivity index (χ4n) is 1.50. The van der Waals surface area contributed by atoms with E-state index in [0.29, 0.717) is 13.0 Å². The van der Waals surface area contributed by atoms with Crippen molar-refractivity contribution in [3.63, 3.8) is 0 Å². The van der Waals surface area contributed by atoms with Gasteiger partial charge in [0.25, 0.3) is 0 Å². The fourth-order valence-corrected chi connectivity index (χ4v) is 1.50. The van der Waals surface area contributed by atoms with Gasteiger partial charge in [-0.2, -0.15) is 0 Å². The fraction of sp³-hybridized carbons (Fsp3) is 0.909. The molecule has 0 radical (unpaired) electrons. The number of rotatable bonds is 9. The summed E-state index contributed by atoms with van der Waals surface area (Å²) in [6.07, 6.45) is 1.26. The van der Waals surface area contributed by atoms with Crippen LogP contribution >= 0.6 is 0 Å². The minimum absolute atomic E-state index is 0.293. The number of hydrogen-bond donors (Lipinski definition) is 0. The van der Waals surface area contributed by atoms with Crippen molar-refractivity contribution in [2.45, 2.75) is 39.7 Å². The molecule has 1 atom stereocenters. The van der Waals surface area contributed by atoms with Crippen LogP contribution in [0.1, 0.15) is 33.6 Å². The van der Waals surface area contributed by atoms with Gasteiger partial charge < -0.3 is 9.64 Å². The molecule has 0 rings (SSSR count). The highest BCUT2D eigenvalue weighted by molar-refractivity contribution is 5.75. The Morgan fingerprint density at radius 2 is 1.94 bits per heavy atom. The van der Waals surface area contributed by atoms with E-state index < -0.39 is 12.0 Å². The summed E-state index contributed by atoms with van der Waals surface area (Å²) < 4.78 is 4.76. The maximum Gasteiger partial charge on any atom is 0.334 e. The SMILES string of the molecule is CCOC(=O)C(CCCN(CC)CC)N=O. The summed E-state index contributed by atoms with van der Waals surface area (Å²) >= 11 is 0. The first-order chi connectivity index (χ1) is 7.69. The molecular weight excluding hydrogens is 208 g/mol. The van der Waals surface area contributed by atoms with Crippen LogP contribution in [-0.4, -0.2) is 43.2 Å². The number of carbonyl (C=O) groups is 1. The molecule has 0 bridgehead atoms. The first-order valence-corrected chi connectivity index (χ1v) is 5.90. The molecule has 0 aliphatic rings. The Labute approximate surface area is 97.1 Å². The molecule has 0 aromatic carbocycles. The summed E-state index contributed by atoms with van der Waals surface area (Å²) in [6.45, 7) is 9.04. The molecule has 0 N–H and O–H groups in total. The lowest BCUT2D eigenvalue weighted by molar-refractivity contribution is -0.144. The first-order valence-electron chi connectivity index (χ1n) is 5.90. The van der Waals surface area contributed by atoms with Gasteiger partial charge >= 0.3 is 5.97 Å². The first kappa shape index (κ1) is 15.0. The molecule has 0 amide bonds. The van der Waals surface area contributed by atoms with Gasteiger partial charge in [0.1, 0.15) is 0 Å². The zero-order valence-corrected chi connectivity index (χ0v) is 10.4. The normalized spacial score (nSPS) is 12.5. The Morgan fingerprint density at radius 3 is 2.38 bits per heavy atom. The average Bonchev–Trinajstić information content (AvgIpc) is 2.30. The van der Waals surface area contributed by atoms with E-state index in [4.69, 9.17) is 4.74 Å². The average molecular weight is 230 g/mol. The molecule has 0 saturated heterocycles. The van der Waals surface area contributed by atoms with Crippen LogP contribution in [0.4, 0.5) is 0 Å². The van der Waals surface area contributed by atoms with E-state index in [1.54, 1.807) is 6.92 Å². The Bertz CT molecular complexity index is 205. The second-order valence-corrected chi connectivity index (χ2v) is 3.54. The van der Waals surface area contributed by atoms with Crippen molar-refractivity contribution in [1.29, 1.82) is 0 Å². The van der Waals surface area contributed by atoms with E-state index in [1.165, 1.54) is 0 Å². The molecule has 0 aliphatic carbocycles. The van der Waals surface area contributed by atoms with Crippen molar-refractivity contribution in [1.82, 2.24) is 4.90 Å². The quantitative estimate of drug-likeness (QED) is 0.447. The molecule has 0 saturated carbocycles. The van der Waals surface area contributed by atoms with Crippen LogP contribution in [0.15, 0.2) is 5.18 Å². The highest BCUT2D eigenvalue weighted by atomic mass is 16.5. The largest absolute Gasteiger partial charge is 0.464 e. The Balaban J connectivity index is 3.86. The molecule has 94 valence electrons. The van der Waals surface area contributed by atoms with Crippen molar-refractivity contribution < 1.29 is 9.53 Å². The van der Waals surface area contributed by atoms with Gasteiger partial charge in [-0.3, -0.25) is 0 Å². The highest BCUT2D eigenvalue weighted by Crippen LogP contribution is 2.05. The number of nitroso groups, excluding NO2 is 1. The summed E-state index contributed by atoms with van der Waals surface area (Å²) in [5.41, 5.74) is 0. The standard InChI is InChI=1S/C11H22N2O3/c1-4-13(5-2)9-7-8-10(12-15)11(14)16-6-3/h10H,4-9H2,1-3H3. The zero-order valence-electron chi connectivity index (χ0n) is 10.4. The summed E-state index contributed by atoms with van der Waals surface area (Å²) in [6, 6.07) is -0.837. The molecule has 5 nitrogen and oxygen atoms in total. The number of esters is 1. The Kier molecular flexibility index (Phi) is 8.71. The van der Waals surface area contributed by atoms with Crippen LogP contribution in [0, 0.1) is 4.91 Å². The van der Waals surface area contributed by atoms with Gasteiger partial charge in [0.2, 0.25) is 0 Å². The molecule has 0 aliphatic heterocycles. The van der Waals surface area contributed by atoms with Gasteiger partial charge in [-0.1, -0.05) is 19.0 Å². The van der Waals surface area contributed by atoms with Gasteiger partial charge in [-0.25, -0.2) is 4.79 Å². The predicted molar refractivity (Wildman–Crippen MR) is 63.2 cm³/mol. The van der Waals surface area contributed by atoms with Gasteiger partial charge in [0.15, 0.2) is 6.04 Å². The van der Waals surface area contributed by atoms with Crippen LogP contribution < -0.4 is 0 Å². The number of hydrogen-bond acceptors (Lipinski definition) is 5. The summed E-state index contributed by atoms with van der Waals surface area (Å²) in [7, 11) is 0. The smallest absolute Gasteiger partial charge is 0.334 e. The van der Waals surface area contributed by atoms with Crippen molar-refractivity contribution >= 4 is 5.97 Å². The van der Waals surface area contributed by atoms with Crippen molar-refractivity contribution in [2.75, 3.05) is 26.2 Å². The third-order valence-corrected chi connectivity index (χ3v) is 2.53. The van der Waals surface area contributed by atoms with Crippen LogP contribution in [0.5, 0.6) is 0 Å². The van der Waals surface area contributed by atoms with Crippen LogP contribution in [-0.2, 0) is 9.53 Å². The second kappa shape index (κ2) is 9.27. The van der Waals surface area contributed by atoms with Crippen molar-refractivity contribution in [3.05, 3.63) is 4.91 Å². The number of nitrogens with zero attached hydrogens (tertiary/aromatic N) is 2. The molecule has 0 spiro atoms. The van der Waals surface area contributed by atoms with Crippen LogP contribution in [0.2, 0.25) is 0 Å². The predicted octanol–water partition coefficient (Wildman–Crippen LogP) is 1.81. The maximum absolute atomic E-state index is 11.3. The second-order valence-electron chi connectivity index (χ2n) is 3.54. The Morgan fingerprint density at radius 1 is 1.31 bits per heavy atom. The molecular formula is C11H22N2O3. The van der Waals surface area contributed by atoms with E-state index in [2.05, 4.69) is 23.9 Å². The van der Waals surface area contributed by atoms with E-state index in [9.17, 15) is 9.70 Å². The third kappa shape index (κ3) is 5.80. The molecule has 0 fully saturated rings. The molecule has 1 unspecified atom stereocenters. The van der Waals surface area contributed by atoms with Crippen LogP contribution in [0.3, 0.4) is 0 Å². The summed E-state index contributed by atoms with van der Waals surface area (Å²) in [4.78, 5) is 24.0. The molecule has 16 heavy (non-hydrogen) atoms. The Hall–Kier alpha value is -0.970. The lowest BCUT2D eigenvalue weighted by atomic mass is 10.1. The minimum atomic E-state index is -0.837. The van der Waals surface area contributed by atoms with Gasteiger partial charge in [-0.05, 0) is 39.4 Å². The zero-order chi connectivity index (χ0) is 12.4. The van der Waals surface area contributed by atoms with Crippen molar-refractivity contribution in [3.8, 4) is 0 Å². The lowest BCUT2D eigenvalue weighted by Crippen LogP contribution is -2.26. The lowest BCUT2D eigenvalue weighted by Gasteiger charge is -2.18. The maximum atomic E-state index is 11.3. The topological polar surface area (TPSA) is 59.0 Å². The minimum Gasteiger partial charge on any atom is -0.464 e. The van der Waals surface area contributed by atoms with Gasteiger partial charge in [0, 0.05) is 0 Å². The number of carbonyl (C=O) groups excluding carboxylic acids is 1. The molecule has 0 aromatic rings. The molecule has 0 heterocycles. The molecule has 5 heteroatoms. The van der Waals surface area contributed by atoms with E-state index in [0.717, 1.165) is 26.1 Å². The summed E-state index contributed by atoms with van der Waals surface area (Å²) in [5.74, 6) is -0.503. The monoisotopic (exact) mass is 230 g/mol. The van der Waals surface area contributed by atoms with Gasteiger partial charge in [-0.15, -0.1) is 4.91 Å². The number of ether oxygens (including phenoxy) is 1. The van der Waals surface area contributed by atoms with Crippen LogP contribution in [0.25, 0.3) is 0 Å². The van der Waals surface area contributed by atoms with E-state index >= 15 is 0 Å². The summed E-state index contributed by atoms with van der Waals surface area (Å²) in [5, 5.41) is 2.81. The highest BCUT2D eigenvalue weighted by Gasteiger charge is 2.19. The van der Waals surface area contributed by atoms with E-state index in [-0.39, 0.29) is 0 Å². The van der Waals surface area contributed by atoms with Crippen molar-refractivity contribution in [2.24, 2.45) is 5.18 Å². The third-order valence-electron chi connectivity index (χ3n) is 2.53. The van der Waals surface area contributed by atoms with Gasteiger partial charge in [0.05, 0.1) is 6.61 Å².